The molecule has 124 valence electrons. The van der Waals surface area contributed by atoms with Crippen molar-refractivity contribution in [2.45, 2.75) is 31.7 Å². The largest absolute Gasteiger partial charge is 0.497 e. The molecule has 1 aliphatic carbocycles. The second-order valence-electron chi connectivity index (χ2n) is 6.09. The summed E-state index contributed by atoms with van der Waals surface area (Å²) in [6.07, 6.45) is 6.49. The number of carbonyl (C=O) groups excluding carboxylic acids is 1. The summed E-state index contributed by atoms with van der Waals surface area (Å²) in [5.41, 5.74) is 2.48. The monoisotopic (exact) mass is 341 g/mol. The average Bonchev–Trinajstić information content (AvgIpc) is 3.31. The molecule has 0 saturated heterocycles. The van der Waals surface area contributed by atoms with E-state index >= 15 is 0 Å². The maximum atomic E-state index is 12.5. The number of thiazole rings is 1. The van der Waals surface area contributed by atoms with Gasteiger partial charge in [-0.1, -0.05) is 25.0 Å². The molecule has 5 nitrogen and oxygen atoms in total. The lowest BCUT2D eigenvalue weighted by Gasteiger charge is -2.10. The lowest BCUT2D eigenvalue weighted by atomic mass is 10.1. The molecular weight excluding hydrogens is 322 g/mol. The van der Waals surface area contributed by atoms with Gasteiger partial charge < -0.3 is 10.1 Å². The molecule has 24 heavy (non-hydrogen) atoms. The van der Waals surface area contributed by atoms with Gasteiger partial charge in [-0.05, 0) is 25.0 Å². The van der Waals surface area contributed by atoms with Crippen molar-refractivity contribution in [1.29, 1.82) is 0 Å². The number of amides is 1. The zero-order valence-electron chi connectivity index (χ0n) is 13.5. The highest BCUT2D eigenvalue weighted by molar-refractivity contribution is 7.15. The van der Waals surface area contributed by atoms with E-state index in [-0.39, 0.29) is 5.91 Å². The Morgan fingerprint density at radius 3 is 3.00 bits per heavy atom. The number of imidazole rings is 1. The van der Waals surface area contributed by atoms with E-state index in [1.165, 1.54) is 24.2 Å². The number of nitrogens with one attached hydrogen (secondary N) is 1. The molecule has 0 spiro atoms. The molecule has 2 heterocycles. The third kappa shape index (κ3) is 2.78. The first-order valence-electron chi connectivity index (χ1n) is 8.16. The summed E-state index contributed by atoms with van der Waals surface area (Å²) in [6, 6.07) is 8.10. The molecule has 0 bridgehead atoms. The highest BCUT2D eigenvalue weighted by atomic mass is 32.1. The van der Waals surface area contributed by atoms with Gasteiger partial charge in [0.05, 0.1) is 12.8 Å². The molecule has 0 unspecified atom stereocenters. The quantitative estimate of drug-likeness (QED) is 0.786. The summed E-state index contributed by atoms with van der Waals surface area (Å²) in [5, 5.41) is 5.02. The number of hydrogen-bond donors (Lipinski definition) is 1. The van der Waals surface area contributed by atoms with Crippen LogP contribution in [0.5, 0.6) is 5.75 Å². The van der Waals surface area contributed by atoms with Gasteiger partial charge in [0.15, 0.2) is 4.96 Å². The van der Waals surface area contributed by atoms with Crippen molar-refractivity contribution < 1.29 is 9.53 Å². The molecule has 0 radical (unpaired) electrons. The van der Waals surface area contributed by atoms with E-state index in [2.05, 4.69) is 10.3 Å². The molecule has 1 saturated carbocycles. The second kappa shape index (κ2) is 6.28. The first-order chi connectivity index (χ1) is 11.7. The standard InChI is InChI=1S/C18H19N3O2S/c1-23-14-8-4-5-12(9-14)15-10-21-16(11-24-18(21)20-15)17(22)19-13-6-2-3-7-13/h4-5,8-11,13H,2-3,6-7H2,1H3,(H,19,22). The Labute approximate surface area is 144 Å². The fraction of sp³-hybridized carbons (Fsp3) is 0.333. The summed E-state index contributed by atoms with van der Waals surface area (Å²) < 4.78 is 7.15. The minimum Gasteiger partial charge on any atom is -0.497 e. The Morgan fingerprint density at radius 1 is 1.38 bits per heavy atom. The van der Waals surface area contributed by atoms with E-state index in [4.69, 9.17) is 4.74 Å². The molecule has 6 heteroatoms. The van der Waals surface area contributed by atoms with Crippen LogP contribution in [-0.2, 0) is 0 Å². The minimum atomic E-state index is -0.0113. The van der Waals surface area contributed by atoms with Gasteiger partial charge in [0.25, 0.3) is 5.91 Å². The first kappa shape index (κ1) is 15.2. The first-order valence-corrected chi connectivity index (χ1v) is 9.04. The van der Waals surface area contributed by atoms with E-state index in [9.17, 15) is 4.79 Å². The molecule has 0 atom stereocenters. The van der Waals surface area contributed by atoms with Crippen molar-refractivity contribution in [3.8, 4) is 17.0 Å². The fourth-order valence-corrected chi connectivity index (χ4v) is 4.05. The van der Waals surface area contributed by atoms with Crippen LogP contribution in [0.3, 0.4) is 0 Å². The third-order valence-corrected chi connectivity index (χ3v) is 5.34. The van der Waals surface area contributed by atoms with Gasteiger partial charge in [-0.15, -0.1) is 11.3 Å². The van der Waals surface area contributed by atoms with Crippen LogP contribution in [0.1, 0.15) is 36.2 Å². The van der Waals surface area contributed by atoms with Crippen LogP contribution >= 0.6 is 11.3 Å². The number of hydrogen-bond acceptors (Lipinski definition) is 4. The fourth-order valence-electron chi connectivity index (χ4n) is 3.20. The maximum absolute atomic E-state index is 12.5. The third-order valence-electron chi connectivity index (χ3n) is 4.50. The Hall–Kier alpha value is -2.34. The second-order valence-corrected chi connectivity index (χ2v) is 6.92. The molecule has 1 N–H and O–H groups in total. The SMILES string of the molecule is COc1cccc(-c2cn3c(C(=O)NC4CCCC4)csc3n2)c1. The molecular formula is C18H19N3O2S. The van der Waals surface area contributed by atoms with Crippen LogP contribution < -0.4 is 10.1 Å². The number of aromatic nitrogens is 2. The normalized spacial score (nSPS) is 15.0. The topological polar surface area (TPSA) is 55.6 Å². The van der Waals surface area contributed by atoms with Gasteiger partial charge in [-0.25, -0.2) is 4.98 Å². The number of nitrogens with zero attached hydrogens (tertiary/aromatic N) is 2. The Balaban J connectivity index is 1.64. The van der Waals surface area contributed by atoms with Gasteiger partial charge in [0.1, 0.15) is 11.4 Å². The van der Waals surface area contributed by atoms with E-state index in [0.717, 1.165) is 34.8 Å². The maximum Gasteiger partial charge on any atom is 0.269 e. The van der Waals surface area contributed by atoms with Crippen molar-refractivity contribution in [2.75, 3.05) is 7.11 Å². The molecule has 1 aliphatic rings. The molecule has 4 rings (SSSR count). The Bertz CT molecular complexity index is 877. The smallest absolute Gasteiger partial charge is 0.269 e. The van der Waals surface area contributed by atoms with Gasteiger partial charge in [-0.2, -0.15) is 0 Å². The summed E-state index contributed by atoms with van der Waals surface area (Å²) >= 11 is 1.49. The Kier molecular flexibility index (Phi) is 3.98. The molecule has 1 aromatic carbocycles. The highest BCUT2D eigenvalue weighted by Gasteiger charge is 2.21. The molecule has 3 aromatic rings. The summed E-state index contributed by atoms with van der Waals surface area (Å²) in [7, 11) is 1.65. The van der Waals surface area contributed by atoms with E-state index in [1.807, 2.05) is 40.2 Å². The van der Waals surface area contributed by atoms with Crippen molar-refractivity contribution >= 4 is 22.2 Å². The average molecular weight is 341 g/mol. The van der Waals surface area contributed by atoms with Crippen LogP contribution in [0.4, 0.5) is 0 Å². The predicted molar refractivity (Wildman–Crippen MR) is 94.8 cm³/mol. The molecule has 0 aliphatic heterocycles. The summed E-state index contributed by atoms with van der Waals surface area (Å²) in [4.78, 5) is 18.0. The molecule has 1 amide bonds. The minimum absolute atomic E-state index is 0.0113. The van der Waals surface area contributed by atoms with Crippen molar-refractivity contribution in [3.63, 3.8) is 0 Å². The number of methoxy groups -OCH3 is 1. The highest BCUT2D eigenvalue weighted by Crippen LogP contribution is 2.26. The van der Waals surface area contributed by atoms with E-state index < -0.39 is 0 Å². The zero-order chi connectivity index (χ0) is 16.5. The summed E-state index contributed by atoms with van der Waals surface area (Å²) in [6.45, 7) is 0. The zero-order valence-corrected chi connectivity index (χ0v) is 14.3. The van der Waals surface area contributed by atoms with Gasteiger partial charge in [0, 0.05) is 23.2 Å². The van der Waals surface area contributed by atoms with Gasteiger partial charge in [0.2, 0.25) is 0 Å². The predicted octanol–water partition coefficient (Wildman–Crippen LogP) is 3.74. The van der Waals surface area contributed by atoms with Crippen LogP contribution in [0, 0.1) is 0 Å². The number of carbonyl (C=O) groups is 1. The van der Waals surface area contributed by atoms with Crippen molar-refractivity contribution in [3.05, 3.63) is 41.5 Å². The van der Waals surface area contributed by atoms with Crippen LogP contribution in [-0.4, -0.2) is 28.4 Å². The van der Waals surface area contributed by atoms with Crippen LogP contribution in [0.2, 0.25) is 0 Å². The van der Waals surface area contributed by atoms with Gasteiger partial charge in [-0.3, -0.25) is 9.20 Å². The molecule has 1 fully saturated rings. The lowest BCUT2D eigenvalue weighted by Crippen LogP contribution is -2.33. The summed E-state index contributed by atoms with van der Waals surface area (Å²) in [5.74, 6) is 0.783. The number of rotatable bonds is 4. The van der Waals surface area contributed by atoms with Gasteiger partial charge >= 0.3 is 0 Å². The Morgan fingerprint density at radius 2 is 2.21 bits per heavy atom. The number of ether oxygens (including phenoxy) is 1. The van der Waals surface area contributed by atoms with Crippen LogP contribution in [0.25, 0.3) is 16.2 Å². The van der Waals surface area contributed by atoms with E-state index in [1.54, 1.807) is 7.11 Å². The van der Waals surface area contributed by atoms with Crippen LogP contribution in [0.15, 0.2) is 35.8 Å². The van der Waals surface area contributed by atoms with Crippen molar-refractivity contribution in [1.82, 2.24) is 14.7 Å². The van der Waals surface area contributed by atoms with Crippen molar-refractivity contribution in [2.24, 2.45) is 0 Å². The number of fused-ring (bicyclic) bond motifs is 1. The molecule has 2 aromatic heterocycles. The number of benzene rings is 1. The lowest BCUT2D eigenvalue weighted by molar-refractivity contribution is 0.0932. The van der Waals surface area contributed by atoms with E-state index in [0.29, 0.717) is 11.7 Å².